The van der Waals surface area contributed by atoms with Crippen molar-refractivity contribution in [2.75, 3.05) is 23.1 Å². The first-order chi connectivity index (χ1) is 15.1. The van der Waals surface area contributed by atoms with Crippen molar-refractivity contribution in [1.29, 1.82) is 0 Å². The Bertz CT molecular complexity index is 1090. The minimum Gasteiger partial charge on any atom is -0.462 e. The summed E-state index contributed by atoms with van der Waals surface area (Å²) >= 11 is 4.22. The summed E-state index contributed by atoms with van der Waals surface area (Å²) in [4.78, 5) is 31.3. The number of carbonyl (C=O) groups excluding carboxylic acids is 2. The Labute approximate surface area is 190 Å². The van der Waals surface area contributed by atoms with Crippen molar-refractivity contribution in [3.05, 3.63) is 38.4 Å². The number of H-pyrrole nitrogens is 1. The highest BCUT2D eigenvalue weighted by Crippen LogP contribution is 2.39. The van der Waals surface area contributed by atoms with Crippen molar-refractivity contribution < 1.29 is 14.3 Å². The van der Waals surface area contributed by atoms with Crippen LogP contribution in [0.1, 0.15) is 39.0 Å². The lowest BCUT2D eigenvalue weighted by atomic mass is 10.1. The fourth-order valence-electron chi connectivity index (χ4n) is 3.09. The topological polar surface area (TPSA) is 121 Å². The molecule has 12 heteroatoms. The van der Waals surface area contributed by atoms with Gasteiger partial charge in [-0.15, -0.1) is 27.8 Å². The average Bonchev–Trinajstić information content (AvgIpc) is 3.52. The first kappa shape index (κ1) is 21.5. The molecule has 0 aromatic carbocycles. The van der Waals surface area contributed by atoms with E-state index in [1.54, 1.807) is 24.5 Å². The molecule has 3 heterocycles. The van der Waals surface area contributed by atoms with Gasteiger partial charge in [0.2, 0.25) is 17.0 Å². The second-order valence-corrected chi connectivity index (χ2v) is 9.50. The maximum Gasteiger partial charge on any atom is 0.341 e. The van der Waals surface area contributed by atoms with Crippen molar-refractivity contribution in [3.8, 4) is 0 Å². The van der Waals surface area contributed by atoms with Crippen LogP contribution in [-0.2, 0) is 22.4 Å². The molecule has 0 bridgehead atoms. The van der Waals surface area contributed by atoms with E-state index in [2.05, 4.69) is 31.0 Å². The van der Waals surface area contributed by atoms with Gasteiger partial charge in [0.15, 0.2) is 0 Å². The molecule has 31 heavy (non-hydrogen) atoms. The summed E-state index contributed by atoms with van der Waals surface area (Å²) in [5.74, 6) is -0.112. The zero-order valence-corrected chi connectivity index (χ0v) is 19.1. The summed E-state index contributed by atoms with van der Waals surface area (Å²) < 4.78 is 5.19. The van der Waals surface area contributed by atoms with Gasteiger partial charge in [-0.3, -0.25) is 4.79 Å². The van der Waals surface area contributed by atoms with Crippen molar-refractivity contribution in [2.24, 2.45) is 5.10 Å². The smallest absolute Gasteiger partial charge is 0.341 e. The normalized spacial score (nSPS) is 12.8. The van der Waals surface area contributed by atoms with Crippen LogP contribution in [0.2, 0.25) is 0 Å². The Morgan fingerprint density at radius 3 is 3.13 bits per heavy atom. The minimum atomic E-state index is -0.377. The summed E-state index contributed by atoms with van der Waals surface area (Å²) in [6.45, 7) is 2.07. The van der Waals surface area contributed by atoms with E-state index in [-0.39, 0.29) is 17.6 Å². The lowest BCUT2D eigenvalue weighted by molar-refractivity contribution is -0.113. The highest BCUT2D eigenvalue weighted by molar-refractivity contribution is 7.99. The third-order valence-electron chi connectivity index (χ3n) is 4.36. The van der Waals surface area contributed by atoms with Crippen LogP contribution in [0.4, 0.5) is 10.9 Å². The molecular weight excluding hydrogens is 456 g/mol. The molecule has 4 rings (SSSR count). The average molecular weight is 477 g/mol. The molecule has 0 unspecified atom stereocenters. The van der Waals surface area contributed by atoms with Gasteiger partial charge < -0.3 is 10.1 Å². The van der Waals surface area contributed by atoms with E-state index < -0.39 is 0 Å². The number of thioether (sulfide) groups is 1. The second-order valence-electron chi connectivity index (χ2n) is 6.47. The molecule has 1 aliphatic rings. The van der Waals surface area contributed by atoms with Gasteiger partial charge in [0.05, 0.1) is 24.1 Å². The molecular formula is C19H20N6O3S3. The van der Waals surface area contributed by atoms with Gasteiger partial charge in [-0.1, -0.05) is 17.8 Å². The fraction of sp³-hybridized carbons (Fsp3) is 0.316. The zero-order chi connectivity index (χ0) is 21.6. The number of ether oxygens (including phenoxy) is 1. The molecule has 0 aliphatic heterocycles. The molecule has 0 spiro atoms. The first-order valence-corrected chi connectivity index (χ1v) is 12.3. The molecule has 1 amide bonds. The third-order valence-corrected chi connectivity index (χ3v) is 7.22. The number of fused-ring (bicyclic) bond motifs is 1. The van der Waals surface area contributed by atoms with Gasteiger partial charge in [0, 0.05) is 9.75 Å². The maximum absolute atomic E-state index is 12.5. The third kappa shape index (κ3) is 5.32. The molecule has 3 N–H and O–H groups in total. The number of aromatic amines is 1. The molecule has 0 atom stereocenters. The number of aromatic nitrogens is 3. The highest BCUT2D eigenvalue weighted by Gasteiger charge is 2.28. The van der Waals surface area contributed by atoms with Crippen LogP contribution in [0.25, 0.3) is 0 Å². The number of esters is 1. The number of nitrogens with zero attached hydrogens (tertiary/aromatic N) is 3. The number of thiophene rings is 2. The van der Waals surface area contributed by atoms with Crippen LogP contribution in [-0.4, -0.2) is 45.6 Å². The molecule has 0 radical (unpaired) electrons. The number of rotatable bonds is 9. The molecule has 3 aromatic rings. The van der Waals surface area contributed by atoms with Crippen LogP contribution in [0.5, 0.6) is 0 Å². The second kappa shape index (κ2) is 10.1. The van der Waals surface area contributed by atoms with Crippen LogP contribution < -0.4 is 10.7 Å². The summed E-state index contributed by atoms with van der Waals surface area (Å²) in [7, 11) is 0. The number of amides is 1. The quantitative estimate of drug-likeness (QED) is 0.186. The zero-order valence-electron chi connectivity index (χ0n) is 16.6. The van der Waals surface area contributed by atoms with Crippen molar-refractivity contribution in [1.82, 2.24) is 15.2 Å². The number of nitrogens with one attached hydrogen (secondary N) is 3. The number of hydrogen-bond acceptors (Lipinski definition) is 10. The van der Waals surface area contributed by atoms with E-state index in [1.807, 2.05) is 17.5 Å². The SMILES string of the molecule is CCOC(=O)c1c(NC(=O)CSc2n[nH]c(N/N=C/c3cccs3)n2)sc2c1CCC2. The van der Waals surface area contributed by atoms with Crippen molar-refractivity contribution in [3.63, 3.8) is 0 Å². The Balaban J connectivity index is 1.32. The summed E-state index contributed by atoms with van der Waals surface area (Å²) in [5.41, 5.74) is 4.29. The molecule has 162 valence electrons. The largest absolute Gasteiger partial charge is 0.462 e. The lowest BCUT2D eigenvalue weighted by Gasteiger charge is -2.07. The molecule has 0 fully saturated rings. The predicted octanol–water partition coefficient (Wildman–Crippen LogP) is 3.77. The summed E-state index contributed by atoms with van der Waals surface area (Å²) in [6.07, 6.45) is 4.48. The maximum atomic E-state index is 12.5. The van der Waals surface area contributed by atoms with E-state index in [9.17, 15) is 9.59 Å². The Morgan fingerprint density at radius 1 is 1.42 bits per heavy atom. The first-order valence-electron chi connectivity index (χ1n) is 9.63. The summed E-state index contributed by atoms with van der Waals surface area (Å²) in [5, 5.41) is 16.7. The van der Waals surface area contributed by atoms with E-state index >= 15 is 0 Å². The van der Waals surface area contributed by atoms with Gasteiger partial charge in [-0.2, -0.15) is 10.1 Å². The van der Waals surface area contributed by atoms with E-state index in [4.69, 9.17) is 4.74 Å². The van der Waals surface area contributed by atoms with Gasteiger partial charge in [0.1, 0.15) is 5.00 Å². The Kier molecular flexibility index (Phi) is 6.99. The lowest BCUT2D eigenvalue weighted by Crippen LogP contribution is -2.16. The van der Waals surface area contributed by atoms with E-state index in [0.29, 0.717) is 28.3 Å². The monoisotopic (exact) mass is 476 g/mol. The van der Waals surface area contributed by atoms with Crippen molar-refractivity contribution >= 4 is 63.5 Å². The summed E-state index contributed by atoms with van der Waals surface area (Å²) in [6, 6.07) is 3.89. The van der Waals surface area contributed by atoms with Gasteiger partial charge in [-0.25, -0.2) is 15.3 Å². The molecule has 0 saturated carbocycles. The predicted molar refractivity (Wildman–Crippen MR) is 124 cm³/mol. The van der Waals surface area contributed by atoms with Crippen LogP contribution in [0, 0.1) is 0 Å². The molecule has 9 nitrogen and oxygen atoms in total. The molecule has 0 saturated heterocycles. The number of anilines is 2. The van der Waals surface area contributed by atoms with E-state index in [1.165, 1.54) is 23.1 Å². The van der Waals surface area contributed by atoms with Crippen LogP contribution >= 0.6 is 34.4 Å². The molecule has 3 aromatic heterocycles. The van der Waals surface area contributed by atoms with Crippen LogP contribution in [0.3, 0.4) is 0 Å². The van der Waals surface area contributed by atoms with E-state index in [0.717, 1.165) is 34.6 Å². The van der Waals surface area contributed by atoms with Crippen molar-refractivity contribution in [2.45, 2.75) is 31.3 Å². The number of hydrazone groups is 1. The molecule has 1 aliphatic carbocycles. The number of aryl methyl sites for hydroxylation is 1. The number of carbonyl (C=O) groups is 2. The van der Waals surface area contributed by atoms with Gasteiger partial charge >= 0.3 is 5.97 Å². The Hall–Kier alpha value is -2.70. The number of hydrogen-bond donors (Lipinski definition) is 3. The highest BCUT2D eigenvalue weighted by atomic mass is 32.2. The standard InChI is InChI=1S/C19H20N6O3S3/c1-2-28-17(27)15-12-6-3-7-13(12)31-16(15)21-14(26)10-30-19-22-18(24-25-19)23-20-9-11-5-4-8-29-11/h4-5,8-9H,2-3,6-7,10H2,1H3,(H,21,26)(H2,22,23,24,25)/b20-9+. The minimum absolute atomic E-state index is 0.112. The van der Waals surface area contributed by atoms with Crippen LogP contribution in [0.15, 0.2) is 27.8 Å². The Morgan fingerprint density at radius 2 is 2.32 bits per heavy atom. The van der Waals surface area contributed by atoms with Gasteiger partial charge in [-0.05, 0) is 43.2 Å². The van der Waals surface area contributed by atoms with Gasteiger partial charge in [0.25, 0.3) is 0 Å². The fourth-order valence-corrected chi connectivity index (χ4v) is 5.56.